The van der Waals surface area contributed by atoms with Crippen molar-refractivity contribution in [2.75, 3.05) is 0 Å². The molecule has 11 heavy (non-hydrogen) atoms. The molecule has 0 amide bonds. The molecule has 0 aliphatic heterocycles. The molecule has 0 aromatic heterocycles. The standard InChI is InChI=1S/C9H10F2/c1-3-7-5-8(10)4-6(2)9(7)11/h4-5H,3H2,1-2H3. The van der Waals surface area contributed by atoms with Gasteiger partial charge in [0.05, 0.1) is 0 Å². The predicted octanol–water partition coefficient (Wildman–Crippen LogP) is 2.84. The van der Waals surface area contributed by atoms with Crippen molar-refractivity contribution in [3.63, 3.8) is 0 Å². The fourth-order valence-corrected chi connectivity index (χ4v) is 1.05. The fourth-order valence-electron chi connectivity index (χ4n) is 1.05. The third kappa shape index (κ3) is 1.56. The van der Waals surface area contributed by atoms with E-state index >= 15 is 0 Å². The van der Waals surface area contributed by atoms with Crippen LogP contribution in [-0.2, 0) is 6.42 Å². The number of aryl methyl sites for hydroxylation is 2. The van der Waals surface area contributed by atoms with Crippen LogP contribution >= 0.6 is 0 Å². The number of rotatable bonds is 1. The Hall–Kier alpha value is -0.920. The van der Waals surface area contributed by atoms with E-state index in [2.05, 4.69) is 0 Å². The molecule has 0 heterocycles. The van der Waals surface area contributed by atoms with Gasteiger partial charge in [0, 0.05) is 0 Å². The predicted molar refractivity (Wildman–Crippen MR) is 40.5 cm³/mol. The Balaban J connectivity index is 3.24. The van der Waals surface area contributed by atoms with Crippen molar-refractivity contribution in [1.29, 1.82) is 0 Å². The van der Waals surface area contributed by atoms with Crippen LogP contribution in [0.25, 0.3) is 0 Å². The summed E-state index contributed by atoms with van der Waals surface area (Å²) in [5.41, 5.74) is 0.823. The summed E-state index contributed by atoms with van der Waals surface area (Å²) in [6.45, 7) is 3.37. The maximum atomic E-state index is 13.0. The molecule has 0 saturated heterocycles. The van der Waals surface area contributed by atoms with Gasteiger partial charge in [0.2, 0.25) is 0 Å². The summed E-state index contributed by atoms with van der Waals surface area (Å²) in [5, 5.41) is 0. The van der Waals surface area contributed by atoms with Crippen molar-refractivity contribution in [2.24, 2.45) is 0 Å². The molecular formula is C9H10F2. The van der Waals surface area contributed by atoms with Gasteiger partial charge in [-0.2, -0.15) is 0 Å². The molecule has 0 fully saturated rings. The maximum absolute atomic E-state index is 13.0. The first-order valence-electron chi connectivity index (χ1n) is 3.59. The number of halogens is 2. The Morgan fingerprint density at radius 1 is 1.27 bits per heavy atom. The van der Waals surface area contributed by atoms with Crippen LogP contribution in [0.2, 0.25) is 0 Å². The average Bonchev–Trinajstić information content (AvgIpc) is 1.96. The highest BCUT2D eigenvalue weighted by atomic mass is 19.1. The summed E-state index contributed by atoms with van der Waals surface area (Å²) >= 11 is 0. The van der Waals surface area contributed by atoms with E-state index in [0.717, 1.165) is 0 Å². The SMILES string of the molecule is CCc1cc(F)cc(C)c1F. The second-order valence-electron chi connectivity index (χ2n) is 2.55. The molecule has 0 aliphatic rings. The summed E-state index contributed by atoms with van der Waals surface area (Å²) in [6, 6.07) is 2.44. The molecule has 0 bridgehead atoms. The minimum absolute atomic E-state index is 0.283. The third-order valence-corrected chi connectivity index (χ3v) is 1.68. The van der Waals surface area contributed by atoms with Crippen molar-refractivity contribution < 1.29 is 8.78 Å². The summed E-state index contributed by atoms with van der Waals surface area (Å²) in [7, 11) is 0. The molecule has 0 nitrogen and oxygen atoms in total. The van der Waals surface area contributed by atoms with Crippen LogP contribution in [0.15, 0.2) is 12.1 Å². The second kappa shape index (κ2) is 2.99. The lowest BCUT2D eigenvalue weighted by Gasteiger charge is -2.02. The summed E-state index contributed by atoms with van der Waals surface area (Å²) < 4.78 is 25.6. The fraction of sp³-hybridized carbons (Fsp3) is 0.333. The topological polar surface area (TPSA) is 0 Å². The van der Waals surface area contributed by atoms with E-state index < -0.39 is 0 Å². The molecular weight excluding hydrogens is 146 g/mol. The zero-order chi connectivity index (χ0) is 8.43. The summed E-state index contributed by atoms with van der Waals surface area (Å²) in [6.07, 6.45) is 0.532. The van der Waals surface area contributed by atoms with Gasteiger partial charge in [0.15, 0.2) is 0 Å². The van der Waals surface area contributed by atoms with Crippen LogP contribution in [0.4, 0.5) is 8.78 Å². The van der Waals surface area contributed by atoms with Gasteiger partial charge in [-0.3, -0.25) is 0 Å². The normalized spacial score (nSPS) is 10.2. The molecule has 0 saturated carbocycles. The molecule has 0 atom stereocenters. The molecule has 1 aromatic carbocycles. The van der Waals surface area contributed by atoms with E-state index in [4.69, 9.17) is 0 Å². The summed E-state index contributed by atoms with van der Waals surface area (Å²) in [4.78, 5) is 0. The third-order valence-electron chi connectivity index (χ3n) is 1.68. The van der Waals surface area contributed by atoms with E-state index in [9.17, 15) is 8.78 Å². The molecule has 1 rings (SSSR count). The van der Waals surface area contributed by atoms with E-state index in [-0.39, 0.29) is 11.6 Å². The Kier molecular flexibility index (Phi) is 2.22. The maximum Gasteiger partial charge on any atom is 0.129 e. The molecule has 0 N–H and O–H groups in total. The Morgan fingerprint density at radius 2 is 1.91 bits per heavy atom. The van der Waals surface area contributed by atoms with Crippen LogP contribution in [0, 0.1) is 18.6 Å². The quantitative estimate of drug-likeness (QED) is 0.586. The molecule has 1 aromatic rings. The lowest BCUT2D eigenvalue weighted by molar-refractivity contribution is 0.579. The zero-order valence-corrected chi connectivity index (χ0v) is 6.62. The second-order valence-corrected chi connectivity index (χ2v) is 2.55. The highest BCUT2D eigenvalue weighted by Gasteiger charge is 2.05. The number of hydrogen-bond acceptors (Lipinski definition) is 0. The monoisotopic (exact) mass is 156 g/mol. The Bertz CT molecular complexity index is 267. The smallest absolute Gasteiger partial charge is 0.129 e. The average molecular weight is 156 g/mol. The van der Waals surface area contributed by atoms with Crippen LogP contribution in [-0.4, -0.2) is 0 Å². The van der Waals surface area contributed by atoms with Crippen LogP contribution in [0.1, 0.15) is 18.1 Å². The Morgan fingerprint density at radius 3 is 2.45 bits per heavy atom. The largest absolute Gasteiger partial charge is 0.207 e. The van der Waals surface area contributed by atoms with Crippen molar-refractivity contribution in [2.45, 2.75) is 20.3 Å². The van der Waals surface area contributed by atoms with Crippen molar-refractivity contribution in [3.05, 3.63) is 34.9 Å². The van der Waals surface area contributed by atoms with Gasteiger partial charge in [0.25, 0.3) is 0 Å². The Labute approximate surface area is 64.9 Å². The van der Waals surface area contributed by atoms with E-state index in [1.165, 1.54) is 12.1 Å². The first-order chi connectivity index (χ1) is 5.15. The number of hydrogen-bond donors (Lipinski definition) is 0. The lowest BCUT2D eigenvalue weighted by atomic mass is 10.1. The molecule has 0 aliphatic carbocycles. The van der Waals surface area contributed by atoms with Gasteiger partial charge in [-0.05, 0) is 36.6 Å². The highest BCUT2D eigenvalue weighted by Crippen LogP contribution is 2.14. The molecule has 60 valence electrons. The van der Waals surface area contributed by atoms with Gasteiger partial charge in [-0.15, -0.1) is 0 Å². The first kappa shape index (κ1) is 8.18. The van der Waals surface area contributed by atoms with Crippen LogP contribution in [0.5, 0.6) is 0 Å². The van der Waals surface area contributed by atoms with Crippen molar-refractivity contribution in [3.8, 4) is 0 Å². The number of benzene rings is 1. The van der Waals surface area contributed by atoms with Gasteiger partial charge in [0.1, 0.15) is 11.6 Å². The van der Waals surface area contributed by atoms with E-state index in [1.54, 1.807) is 13.8 Å². The van der Waals surface area contributed by atoms with Crippen LogP contribution < -0.4 is 0 Å². The van der Waals surface area contributed by atoms with E-state index in [0.29, 0.717) is 17.5 Å². The minimum atomic E-state index is -0.360. The van der Waals surface area contributed by atoms with Crippen molar-refractivity contribution in [1.82, 2.24) is 0 Å². The zero-order valence-electron chi connectivity index (χ0n) is 6.62. The molecule has 0 unspecified atom stereocenters. The van der Waals surface area contributed by atoms with Crippen molar-refractivity contribution >= 4 is 0 Å². The van der Waals surface area contributed by atoms with Gasteiger partial charge < -0.3 is 0 Å². The molecule has 2 heteroatoms. The van der Waals surface area contributed by atoms with E-state index in [1.807, 2.05) is 0 Å². The van der Waals surface area contributed by atoms with Gasteiger partial charge >= 0.3 is 0 Å². The summed E-state index contributed by atoms with van der Waals surface area (Å²) in [5.74, 6) is -0.644. The lowest BCUT2D eigenvalue weighted by Crippen LogP contribution is -1.93. The molecule has 0 radical (unpaired) electrons. The van der Waals surface area contributed by atoms with Gasteiger partial charge in [-0.1, -0.05) is 6.92 Å². The minimum Gasteiger partial charge on any atom is -0.207 e. The first-order valence-corrected chi connectivity index (χ1v) is 3.59. The molecule has 0 spiro atoms. The van der Waals surface area contributed by atoms with Crippen LogP contribution in [0.3, 0.4) is 0 Å². The highest BCUT2D eigenvalue weighted by molar-refractivity contribution is 5.25. The van der Waals surface area contributed by atoms with Gasteiger partial charge in [-0.25, -0.2) is 8.78 Å².